The molecule has 3 heteroatoms. The van der Waals surface area contributed by atoms with E-state index in [9.17, 15) is 0 Å². The molecule has 18 heavy (non-hydrogen) atoms. The van der Waals surface area contributed by atoms with Gasteiger partial charge in [-0.1, -0.05) is 24.8 Å². The van der Waals surface area contributed by atoms with Gasteiger partial charge in [-0.25, -0.2) is 9.55 Å². The summed E-state index contributed by atoms with van der Waals surface area (Å²) >= 11 is 1.75. The first-order valence-electron chi connectivity index (χ1n) is 5.94. The fourth-order valence-corrected chi connectivity index (χ4v) is 2.91. The van der Waals surface area contributed by atoms with Crippen LogP contribution >= 0.6 is 11.3 Å². The molecular weight excluding hydrogens is 240 g/mol. The minimum absolute atomic E-state index is 0.844. The third-order valence-corrected chi connectivity index (χ3v) is 3.78. The summed E-state index contributed by atoms with van der Waals surface area (Å²) in [6.45, 7) is 6.93. The van der Waals surface area contributed by atoms with Gasteiger partial charge < -0.3 is 0 Å². The van der Waals surface area contributed by atoms with Gasteiger partial charge in [-0.15, -0.1) is 11.3 Å². The van der Waals surface area contributed by atoms with E-state index in [-0.39, 0.29) is 0 Å². The predicted octanol–water partition coefficient (Wildman–Crippen LogP) is 3.76. The first kappa shape index (κ1) is 11.2. The minimum atomic E-state index is 0.844. The summed E-state index contributed by atoms with van der Waals surface area (Å²) < 4.78 is 2.30. The second kappa shape index (κ2) is 4.42. The van der Waals surface area contributed by atoms with Crippen molar-refractivity contribution in [3.8, 4) is 10.7 Å². The summed E-state index contributed by atoms with van der Waals surface area (Å²) in [7, 11) is 0. The second-order valence-electron chi connectivity index (χ2n) is 4.51. The van der Waals surface area contributed by atoms with Gasteiger partial charge in [0.25, 0.3) is 5.82 Å². The van der Waals surface area contributed by atoms with Gasteiger partial charge in [0.1, 0.15) is 11.4 Å². The lowest BCUT2D eigenvalue weighted by atomic mass is 10.3. The number of hydrogen-bond acceptors (Lipinski definition) is 1. The van der Waals surface area contributed by atoms with Crippen molar-refractivity contribution in [2.45, 2.75) is 13.5 Å². The lowest BCUT2D eigenvalue weighted by Gasteiger charge is -1.99. The van der Waals surface area contributed by atoms with Gasteiger partial charge >= 0.3 is 0 Å². The quantitative estimate of drug-likeness (QED) is 0.543. The molecule has 0 atom stereocenters. The highest BCUT2D eigenvalue weighted by Gasteiger charge is 2.20. The number of thiophene rings is 1. The molecule has 0 radical (unpaired) electrons. The molecule has 3 rings (SSSR count). The Kier molecular flexibility index (Phi) is 2.76. The van der Waals surface area contributed by atoms with Gasteiger partial charge in [0, 0.05) is 0 Å². The highest BCUT2D eigenvalue weighted by Crippen LogP contribution is 2.23. The molecule has 0 bridgehead atoms. The molecule has 0 aliphatic carbocycles. The third-order valence-electron chi connectivity index (χ3n) is 2.90. The normalized spacial score (nSPS) is 10.9. The van der Waals surface area contributed by atoms with Crippen LogP contribution in [0.2, 0.25) is 0 Å². The predicted molar refractivity (Wildman–Crippen MR) is 76.6 cm³/mol. The fourth-order valence-electron chi connectivity index (χ4n) is 2.17. The van der Waals surface area contributed by atoms with E-state index in [0.29, 0.717) is 0 Å². The number of para-hydroxylation sites is 2. The number of rotatable bonds is 3. The van der Waals surface area contributed by atoms with E-state index in [1.165, 1.54) is 15.9 Å². The molecule has 0 fully saturated rings. The maximum absolute atomic E-state index is 4.03. The molecule has 0 amide bonds. The van der Waals surface area contributed by atoms with Gasteiger partial charge in [0.05, 0.1) is 0 Å². The van der Waals surface area contributed by atoms with Crippen LogP contribution in [0.4, 0.5) is 0 Å². The van der Waals surface area contributed by atoms with Crippen LogP contribution in [0, 0.1) is 0 Å². The maximum Gasteiger partial charge on any atom is 0.298 e. The number of fused-ring (bicyclic) bond motifs is 1. The van der Waals surface area contributed by atoms with Gasteiger partial charge in [-0.2, -0.15) is 0 Å². The number of aromatic nitrogens is 2. The first-order chi connectivity index (χ1) is 8.75. The Balaban J connectivity index is 2.26. The number of imidazole rings is 1. The van der Waals surface area contributed by atoms with E-state index < -0.39 is 0 Å². The number of benzene rings is 1. The van der Waals surface area contributed by atoms with Gasteiger partial charge in [0.2, 0.25) is 0 Å². The Morgan fingerprint density at radius 2 is 2.11 bits per heavy atom. The van der Waals surface area contributed by atoms with Crippen molar-refractivity contribution in [1.82, 2.24) is 4.98 Å². The average molecular weight is 255 g/mol. The van der Waals surface area contributed by atoms with Crippen LogP contribution in [0.3, 0.4) is 0 Å². The van der Waals surface area contributed by atoms with E-state index in [1.807, 2.05) is 0 Å². The zero-order valence-electron chi connectivity index (χ0n) is 10.3. The molecule has 0 spiro atoms. The highest BCUT2D eigenvalue weighted by molar-refractivity contribution is 7.13. The summed E-state index contributed by atoms with van der Waals surface area (Å²) in [6, 6.07) is 12.6. The zero-order chi connectivity index (χ0) is 12.5. The van der Waals surface area contributed by atoms with Crippen molar-refractivity contribution in [3.05, 3.63) is 53.9 Å². The molecule has 0 saturated heterocycles. The van der Waals surface area contributed by atoms with Crippen molar-refractivity contribution >= 4 is 22.4 Å². The van der Waals surface area contributed by atoms with Crippen molar-refractivity contribution in [3.63, 3.8) is 0 Å². The molecule has 3 aromatic rings. The smallest absolute Gasteiger partial charge is 0.236 e. The Morgan fingerprint density at radius 1 is 1.28 bits per heavy atom. The lowest BCUT2D eigenvalue weighted by molar-refractivity contribution is -0.651. The maximum atomic E-state index is 4.03. The van der Waals surface area contributed by atoms with E-state index >= 15 is 0 Å². The van der Waals surface area contributed by atoms with Crippen LogP contribution in [0.5, 0.6) is 0 Å². The Labute approximate surface area is 110 Å². The molecule has 0 unspecified atom stereocenters. The van der Waals surface area contributed by atoms with Crippen LogP contribution in [-0.4, -0.2) is 4.98 Å². The van der Waals surface area contributed by atoms with Crippen molar-refractivity contribution in [2.75, 3.05) is 0 Å². The van der Waals surface area contributed by atoms with Crippen LogP contribution in [0.25, 0.3) is 21.7 Å². The van der Waals surface area contributed by atoms with E-state index in [4.69, 9.17) is 0 Å². The summed E-state index contributed by atoms with van der Waals surface area (Å²) in [4.78, 5) is 4.76. The number of nitrogens with one attached hydrogen (secondary N) is 1. The minimum Gasteiger partial charge on any atom is -0.236 e. The molecule has 2 aromatic heterocycles. The topological polar surface area (TPSA) is 19.7 Å². The van der Waals surface area contributed by atoms with Crippen molar-refractivity contribution in [2.24, 2.45) is 0 Å². The molecule has 1 aromatic carbocycles. The number of nitrogens with zero attached hydrogens (tertiary/aromatic N) is 1. The monoisotopic (exact) mass is 255 g/mol. The number of H-pyrrole nitrogens is 1. The SMILES string of the molecule is C=C(C)C[n+]1c(-c2cccs2)[nH]c2ccccc21. The van der Waals surface area contributed by atoms with Crippen LogP contribution in [-0.2, 0) is 6.54 Å². The Bertz CT molecular complexity index is 692. The van der Waals surface area contributed by atoms with Crippen molar-refractivity contribution < 1.29 is 4.57 Å². The second-order valence-corrected chi connectivity index (χ2v) is 5.46. The molecule has 2 nitrogen and oxygen atoms in total. The third kappa shape index (κ3) is 1.87. The number of aromatic amines is 1. The van der Waals surface area contributed by atoms with Crippen LogP contribution in [0.1, 0.15) is 6.92 Å². The van der Waals surface area contributed by atoms with Gasteiger partial charge in [0.15, 0.2) is 11.0 Å². The number of allylic oxidation sites excluding steroid dienone is 1. The van der Waals surface area contributed by atoms with Crippen molar-refractivity contribution in [1.29, 1.82) is 0 Å². The molecule has 2 heterocycles. The van der Waals surface area contributed by atoms with E-state index in [0.717, 1.165) is 17.9 Å². The lowest BCUT2D eigenvalue weighted by Crippen LogP contribution is -2.35. The molecule has 0 aliphatic heterocycles. The first-order valence-corrected chi connectivity index (χ1v) is 6.82. The van der Waals surface area contributed by atoms with E-state index in [2.05, 4.69) is 64.8 Å². The van der Waals surface area contributed by atoms with E-state index in [1.54, 1.807) is 11.3 Å². The average Bonchev–Trinajstić information content (AvgIpc) is 2.96. The summed E-state index contributed by atoms with van der Waals surface area (Å²) in [5.74, 6) is 1.16. The van der Waals surface area contributed by atoms with Crippen LogP contribution in [0.15, 0.2) is 53.9 Å². The van der Waals surface area contributed by atoms with Gasteiger partial charge in [-0.05, 0) is 36.1 Å². The molecule has 0 saturated carbocycles. The largest absolute Gasteiger partial charge is 0.298 e. The molecule has 0 aliphatic rings. The Morgan fingerprint density at radius 3 is 2.83 bits per heavy atom. The Hall–Kier alpha value is -1.87. The summed E-state index contributed by atoms with van der Waals surface area (Å²) in [6.07, 6.45) is 0. The summed E-state index contributed by atoms with van der Waals surface area (Å²) in [5.41, 5.74) is 3.55. The summed E-state index contributed by atoms with van der Waals surface area (Å²) in [5, 5.41) is 2.10. The molecule has 1 N–H and O–H groups in total. The van der Waals surface area contributed by atoms with Crippen LogP contribution < -0.4 is 4.57 Å². The zero-order valence-corrected chi connectivity index (χ0v) is 11.1. The standard InChI is InChI=1S/C15H14N2S/c1-11(2)10-17-13-7-4-3-6-12(13)16-15(17)14-8-5-9-18-14/h3-9H,1,10H2,2H3/p+1. The number of hydrogen-bond donors (Lipinski definition) is 1. The fraction of sp³-hybridized carbons (Fsp3) is 0.133. The molecule has 90 valence electrons. The molecular formula is C15H15N2S+. The highest BCUT2D eigenvalue weighted by atomic mass is 32.1. The van der Waals surface area contributed by atoms with Gasteiger partial charge in [-0.3, -0.25) is 0 Å².